The molecule has 5 nitrogen and oxygen atoms in total. The number of amides is 2. The number of carboxylic acid groups (broad SMARTS) is 1. The fourth-order valence-electron chi connectivity index (χ4n) is 1.97. The van der Waals surface area contributed by atoms with Crippen LogP contribution in [0.4, 0.5) is 0 Å². The third-order valence-corrected chi connectivity index (χ3v) is 4.16. The number of aromatic carboxylic acids is 1. The Kier molecular flexibility index (Phi) is 4.24. The van der Waals surface area contributed by atoms with Gasteiger partial charge in [-0.05, 0) is 12.1 Å². The lowest BCUT2D eigenvalue weighted by molar-refractivity contribution is -0.137. The molecule has 1 heterocycles. The highest BCUT2D eigenvalue weighted by atomic mass is 32.2. The summed E-state index contributed by atoms with van der Waals surface area (Å²) in [6, 6.07) is 6.45. The van der Waals surface area contributed by atoms with E-state index in [4.69, 9.17) is 5.11 Å². The summed E-state index contributed by atoms with van der Waals surface area (Å²) in [6.07, 6.45) is 1.58. The first kappa shape index (κ1) is 14.3. The quantitative estimate of drug-likeness (QED) is 0.661. The number of carbonyl (C=O) groups is 3. The molecule has 1 fully saturated rings. The van der Waals surface area contributed by atoms with Crippen LogP contribution in [0.3, 0.4) is 0 Å². The molecule has 1 saturated heterocycles. The topological polar surface area (TPSA) is 74.7 Å². The van der Waals surface area contributed by atoms with Crippen LogP contribution < -0.4 is 0 Å². The molecule has 1 atom stereocenters. The van der Waals surface area contributed by atoms with Crippen LogP contribution in [0.1, 0.15) is 16.8 Å². The summed E-state index contributed by atoms with van der Waals surface area (Å²) in [5.74, 6) is -1.59. The summed E-state index contributed by atoms with van der Waals surface area (Å²) in [7, 11) is 0. The lowest BCUT2D eigenvalue weighted by Gasteiger charge is -2.12. The number of thioether (sulfide) groups is 1. The molecule has 1 unspecified atom stereocenters. The predicted octanol–water partition coefficient (Wildman–Crippen LogP) is 1.79. The van der Waals surface area contributed by atoms with Crippen LogP contribution >= 0.6 is 11.8 Å². The molecule has 1 aromatic rings. The molecule has 1 aliphatic heterocycles. The molecule has 2 rings (SSSR count). The molecule has 0 aromatic heterocycles. The molecule has 1 aromatic carbocycles. The van der Waals surface area contributed by atoms with Crippen LogP contribution in [-0.4, -0.2) is 39.6 Å². The Bertz CT molecular complexity index is 584. The van der Waals surface area contributed by atoms with E-state index in [0.29, 0.717) is 4.90 Å². The highest BCUT2D eigenvalue weighted by Crippen LogP contribution is 2.33. The minimum Gasteiger partial charge on any atom is -0.478 e. The van der Waals surface area contributed by atoms with Crippen LogP contribution in [0.25, 0.3) is 0 Å². The van der Waals surface area contributed by atoms with E-state index in [1.165, 1.54) is 12.1 Å². The van der Waals surface area contributed by atoms with Crippen LogP contribution in [0.2, 0.25) is 0 Å². The molecule has 104 valence electrons. The molecular formula is C14H13NO4S. The second kappa shape index (κ2) is 5.92. The first-order chi connectivity index (χ1) is 9.54. The van der Waals surface area contributed by atoms with Gasteiger partial charge in [0.25, 0.3) is 0 Å². The largest absolute Gasteiger partial charge is 0.478 e. The van der Waals surface area contributed by atoms with E-state index in [1.807, 2.05) is 0 Å². The zero-order chi connectivity index (χ0) is 14.7. The predicted molar refractivity (Wildman–Crippen MR) is 74.6 cm³/mol. The number of nitrogens with zero attached hydrogens (tertiary/aromatic N) is 1. The van der Waals surface area contributed by atoms with Crippen LogP contribution in [0.5, 0.6) is 0 Å². The Labute approximate surface area is 120 Å². The maximum Gasteiger partial charge on any atom is 0.336 e. The smallest absolute Gasteiger partial charge is 0.336 e. The molecule has 20 heavy (non-hydrogen) atoms. The molecule has 0 spiro atoms. The summed E-state index contributed by atoms with van der Waals surface area (Å²) < 4.78 is 0. The SMILES string of the molecule is C=CCN1C(=O)CC(Sc2ccccc2C(=O)O)C1=O. The second-order valence-electron chi connectivity index (χ2n) is 4.24. The fourth-order valence-corrected chi connectivity index (χ4v) is 3.17. The molecule has 2 amide bonds. The number of imide groups is 1. The number of hydrogen-bond acceptors (Lipinski definition) is 4. The van der Waals surface area contributed by atoms with E-state index in [1.54, 1.807) is 18.2 Å². The van der Waals surface area contributed by atoms with Crippen LogP contribution in [-0.2, 0) is 9.59 Å². The lowest BCUT2D eigenvalue weighted by atomic mass is 10.2. The second-order valence-corrected chi connectivity index (χ2v) is 5.49. The maximum atomic E-state index is 12.1. The number of carboxylic acids is 1. The third-order valence-electron chi connectivity index (χ3n) is 2.90. The van der Waals surface area contributed by atoms with Crippen molar-refractivity contribution in [1.82, 2.24) is 4.90 Å². The van der Waals surface area contributed by atoms with Gasteiger partial charge >= 0.3 is 5.97 Å². The average molecular weight is 291 g/mol. The Morgan fingerprint density at radius 1 is 1.45 bits per heavy atom. The van der Waals surface area contributed by atoms with E-state index >= 15 is 0 Å². The summed E-state index contributed by atoms with van der Waals surface area (Å²) in [5, 5.41) is 8.54. The van der Waals surface area contributed by atoms with E-state index in [9.17, 15) is 14.4 Å². The van der Waals surface area contributed by atoms with Crippen molar-refractivity contribution in [3.8, 4) is 0 Å². The average Bonchev–Trinajstić information content (AvgIpc) is 2.67. The zero-order valence-corrected chi connectivity index (χ0v) is 11.4. The first-order valence-electron chi connectivity index (χ1n) is 5.98. The molecule has 1 aliphatic rings. The van der Waals surface area contributed by atoms with Crippen molar-refractivity contribution in [3.63, 3.8) is 0 Å². The summed E-state index contributed by atoms with van der Waals surface area (Å²) in [5.41, 5.74) is 0.139. The van der Waals surface area contributed by atoms with E-state index in [0.717, 1.165) is 16.7 Å². The summed E-state index contributed by atoms with van der Waals surface area (Å²) in [6.45, 7) is 3.70. The Balaban J connectivity index is 2.19. The standard InChI is InChI=1S/C14H13NO4S/c1-2-7-15-12(16)8-11(13(15)17)20-10-6-4-3-5-9(10)14(18)19/h2-6,11H,1,7-8H2,(H,18,19). The fraction of sp³-hybridized carbons (Fsp3) is 0.214. The van der Waals surface area contributed by atoms with Gasteiger partial charge in [0.1, 0.15) is 0 Å². The van der Waals surface area contributed by atoms with Crippen molar-refractivity contribution in [2.24, 2.45) is 0 Å². The normalized spacial score (nSPS) is 18.4. The van der Waals surface area contributed by atoms with E-state index in [2.05, 4.69) is 6.58 Å². The van der Waals surface area contributed by atoms with Gasteiger partial charge in [0, 0.05) is 17.9 Å². The molecule has 0 aliphatic carbocycles. The molecule has 1 N–H and O–H groups in total. The highest BCUT2D eigenvalue weighted by Gasteiger charge is 2.38. The van der Waals surface area contributed by atoms with Gasteiger partial charge in [-0.15, -0.1) is 18.3 Å². The Morgan fingerprint density at radius 3 is 2.80 bits per heavy atom. The van der Waals surface area contributed by atoms with Crippen molar-refractivity contribution in [1.29, 1.82) is 0 Å². The third kappa shape index (κ3) is 2.75. The van der Waals surface area contributed by atoms with Gasteiger partial charge in [0.05, 0.1) is 10.8 Å². The highest BCUT2D eigenvalue weighted by molar-refractivity contribution is 8.00. The molecule has 0 radical (unpaired) electrons. The molecule has 6 heteroatoms. The zero-order valence-electron chi connectivity index (χ0n) is 10.6. The Morgan fingerprint density at radius 2 is 2.15 bits per heavy atom. The number of likely N-dealkylation sites (tertiary alicyclic amines) is 1. The number of benzene rings is 1. The van der Waals surface area contributed by atoms with Gasteiger partial charge in [0.15, 0.2) is 0 Å². The minimum absolute atomic E-state index is 0.0886. The van der Waals surface area contributed by atoms with Crippen molar-refractivity contribution in [2.75, 3.05) is 6.54 Å². The number of hydrogen-bond donors (Lipinski definition) is 1. The van der Waals surface area contributed by atoms with Gasteiger partial charge < -0.3 is 5.11 Å². The summed E-state index contributed by atoms with van der Waals surface area (Å²) >= 11 is 1.12. The van der Waals surface area contributed by atoms with Crippen molar-refractivity contribution >= 4 is 29.5 Å². The molecule has 0 saturated carbocycles. The molecular weight excluding hydrogens is 278 g/mol. The van der Waals surface area contributed by atoms with Crippen LogP contribution in [0.15, 0.2) is 41.8 Å². The van der Waals surface area contributed by atoms with Gasteiger partial charge in [-0.2, -0.15) is 0 Å². The maximum absolute atomic E-state index is 12.1. The number of rotatable bonds is 5. The lowest BCUT2D eigenvalue weighted by Crippen LogP contribution is -2.31. The van der Waals surface area contributed by atoms with Gasteiger partial charge in [-0.1, -0.05) is 18.2 Å². The minimum atomic E-state index is -1.05. The van der Waals surface area contributed by atoms with E-state index in [-0.39, 0.29) is 30.3 Å². The summed E-state index contributed by atoms with van der Waals surface area (Å²) in [4.78, 5) is 36.6. The first-order valence-corrected chi connectivity index (χ1v) is 6.86. The Hall–Kier alpha value is -2.08. The van der Waals surface area contributed by atoms with E-state index < -0.39 is 11.2 Å². The van der Waals surface area contributed by atoms with Crippen molar-refractivity contribution in [3.05, 3.63) is 42.5 Å². The number of carbonyl (C=O) groups excluding carboxylic acids is 2. The van der Waals surface area contributed by atoms with Crippen molar-refractivity contribution < 1.29 is 19.5 Å². The van der Waals surface area contributed by atoms with Gasteiger partial charge in [-0.25, -0.2) is 4.79 Å². The van der Waals surface area contributed by atoms with Gasteiger partial charge in [-0.3, -0.25) is 14.5 Å². The van der Waals surface area contributed by atoms with Crippen LogP contribution in [0, 0.1) is 0 Å². The molecule has 0 bridgehead atoms. The van der Waals surface area contributed by atoms with Gasteiger partial charge in [0.2, 0.25) is 11.8 Å². The monoisotopic (exact) mass is 291 g/mol. The van der Waals surface area contributed by atoms with Crippen molar-refractivity contribution in [2.45, 2.75) is 16.6 Å².